The van der Waals surface area contributed by atoms with Crippen molar-refractivity contribution in [2.75, 3.05) is 13.7 Å². The Labute approximate surface area is 195 Å². The Bertz CT molecular complexity index is 1420. The monoisotopic (exact) mass is 459 g/mol. The lowest BCUT2D eigenvalue weighted by Crippen LogP contribution is -2.46. The van der Waals surface area contributed by atoms with Gasteiger partial charge in [-0.3, -0.25) is 14.4 Å². The second-order valence-corrected chi connectivity index (χ2v) is 8.73. The summed E-state index contributed by atoms with van der Waals surface area (Å²) in [4.78, 5) is 56.8. The molecular weight excluding hydrogens is 434 g/mol. The molecule has 1 aromatic heterocycles. The molecule has 1 amide bonds. The lowest BCUT2D eigenvalue weighted by molar-refractivity contribution is -0.143. The number of likely N-dealkylation sites (tertiary alicyclic amines) is 1. The number of nitrogens with zero attached hydrogens (tertiary/aromatic N) is 2. The zero-order valence-electron chi connectivity index (χ0n) is 18.8. The van der Waals surface area contributed by atoms with E-state index < -0.39 is 23.1 Å². The van der Waals surface area contributed by atoms with Gasteiger partial charge in [-0.1, -0.05) is 30.4 Å². The molecule has 2 atom stereocenters. The van der Waals surface area contributed by atoms with Crippen molar-refractivity contribution in [1.82, 2.24) is 14.5 Å². The van der Waals surface area contributed by atoms with E-state index in [-0.39, 0.29) is 24.1 Å². The molecule has 174 valence electrons. The number of carbonyl (C=O) groups is 2. The van der Waals surface area contributed by atoms with Gasteiger partial charge in [0.15, 0.2) is 0 Å². The Kier molecular flexibility index (Phi) is 5.65. The third-order valence-electron chi connectivity index (χ3n) is 6.71. The summed E-state index contributed by atoms with van der Waals surface area (Å²) in [6.45, 7) is 0.616. The lowest BCUT2D eigenvalue weighted by atomic mass is 9.87. The van der Waals surface area contributed by atoms with E-state index >= 15 is 0 Å². The van der Waals surface area contributed by atoms with Gasteiger partial charge in [0.25, 0.3) is 5.56 Å². The van der Waals surface area contributed by atoms with Crippen LogP contribution in [0, 0.1) is 5.92 Å². The standard InChI is InChI=1S/C26H25N3O5/c1-34-25(32)18-13-17(23(30)28-12-6-8-16-7-2-5-11-22(16)28)14-19(15-18)29-24(31)20-9-3-4-10-21(20)27-26(29)33/h2-5,7,9-10,14-15,18,22H,6,8,11-13H2,1H3,(H,27,33). The fraction of sp³-hybridized carbons (Fsp3) is 0.308. The van der Waals surface area contributed by atoms with Crippen molar-refractivity contribution < 1.29 is 14.3 Å². The van der Waals surface area contributed by atoms with Crippen LogP contribution in [0.4, 0.5) is 0 Å². The molecule has 1 fully saturated rings. The number of esters is 1. The highest BCUT2D eigenvalue weighted by atomic mass is 16.5. The van der Waals surface area contributed by atoms with Crippen molar-refractivity contribution >= 4 is 28.5 Å². The molecule has 1 aromatic carbocycles. The number of para-hydroxylation sites is 1. The second kappa shape index (κ2) is 8.78. The van der Waals surface area contributed by atoms with E-state index in [1.165, 1.54) is 18.8 Å². The second-order valence-electron chi connectivity index (χ2n) is 8.73. The maximum Gasteiger partial charge on any atom is 0.333 e. The lowest BCUT2D eigenvalue weighted by Gasteiger charge is -2.39. The zero-order valence-corrected chi connectivity index (χ0v) is 18.8. The Morgan fingerprint density at radius 3 is 2.82 bits per heavy atom. The Morgan fingerprint density at radius 2 is 2.00 bits per heavy atom. The van der Waals surface area contributed by atoms with Crippen LogP contribution in [0.3, 0.4) is 0 Å². The van der Waals surface area contributed by atoms with Crippen molar-refractivity contribution in [3.63, 3.8) is 0 Å². The molecule has 8 heteroatoms. The van der Waals surface area contributed by atoms with Crippen LogP contribution in [0.1, 0.15) is 25.7 Å². The SMILES string of the molecule is COC(=O)C1C=C(n2c(=O)[nH]c3ccccc3c2=O)C=C(C(=O)N2CCCC3=CC=CCC32)C1. The van der Waals surface area contributed by atoms with Crippen molar-refractivity contribution in [3.8, 4) is 0 Å². The number of ether oxygens (including phenoxy) is 1. The molecule has 2 heterocycles. The number of nitrogens with one attached hydrogen (secondary N) is 1. The van der Waals surface area contributed by atoms with Crippen molar-refractivity contribution in [2.45, 2.75) is 31.7 Å². The normalized spacial score (nSPS) is 21.9. The minimum absolute atomic E-state index is 0.00937. The molecule has 1 N–H and O–H groups in total. The molecule has 0 radical (unpaired) electrons. The van der Waals surface area contributed by atoms with Gasteiger partial charge in [0, 0.05) is 12.1 Å². The predicted molar refractivity (Wildman–Crippen MR) is 128 cm³/mol. The summed E-state index contributed by atoms with van der Waals surface area (Å²) in [6.07, 6.45) is 11.9. The molecular formula is C26H25N3O5. The topological polar surface area (TPSA) is 101 Å². The molecule has 2 unspecified atom stereocenters. The van der Waals surface area contributed by atoms with Gasteiger partial charge in [0.1, 0.15) is 0 Å². The minimum Gasteiger partial charge on any atom is -0.469 e. The fourth-order valence-electron chi connectivity index (χ4n) is 5.05. The van der Waals surface area contributed by atoms with E-state index in [4.69, 9.17) is 4.74 Å². The average Bonchev–Trinajstić information content (AvgIpc) is 2.87. The van der Waals surface area contributed by atoms with Crippen LogP contribution in [0.15, 0.2) is 75.4 Å². The maximum absolute atomic E-state index is 13.7. The average molecular weight is 460 g/mol. The minimum atomic E-state index is -0.784. The van der Waals surface area contributed by atoms with Gasteiger partial charge >= 0.3 is 11.7 Å². The Morgan fingerprint density at radius 1 is 1.18 bits per heavy atom. The van der Waals surface area contributed by atoms with E-state index in [1.807, 2.05) is 17.1 Å². The molecule has 5 rings (SSSR count). The molecule has 2 aromatic rings. The number of fused-ring (bicyclic) bond motifs is 2. The fourth-order valence-corrected chi connectivity index (χ4v) is 5.05. The number of H-pyrrole nitrogens is 1. The summed E-state index contributed by atoms with van der Waals surface area (Å²) >= 11 is 0. The summed E-state index contributed by atoms with van der Waals surface area (Å²) in [6, 6.07) is 6.71. The molecule has 2 aliphatic carbocycles. The summed E-state index contributed by atoms with van der Waals surface area (Å²) < 4.78 is 5.92. The van der Waals surface area contributed by atoms with Crippen LogP contribution in [0.25, 0.3) is 16.6 Å². The van der Waals surface area contributed by atoms with Gasteiger partial charge in [-0.05, 0) is 55.5 Å². The van der Waals surface area contributed by atoms with E-state index in [0.717, 1.165) is 23.8 Å². The van der Waals surface area contributed by atoms with E-state index in [1.54, 1.807) is 30.3 Å². The van der Waals surface area contributed by atoms with E-state index in [0.29, 0.717) is 23.0 Å². The number of aromatic amines is 1. The molecule has 0 spiro atoms. The summed E-state index contributed by atoms with van der Waals surface area (Å²) in [5, 5.41) is 0.337. The number of hydrogen-bond acceptors (Lipinski definition) is 5. The van der Waals surface area contributed by atoms with E-state index in [2.05, 4.69) is 11.1 Å². The van der Waals surface area contributed by atoms with Gasteiger partial charge in [-0.15, -0.1) is 0 Å². The third kappa shape index (κ3) is 3.75. The van der Waals surface area contributed by atoms with Crippen molar-refractivity contribution in [1.29, 1.82) is 0 Å². The predicted octanol–water partition coefficient (Wildman–Crippen LogP) is 2.53. The van der Waals surface area contributed by atoms with Crippen LogP contribution in [-0.2, 0) is 14.3 Å². The first-order chi connectivity index (χ1) is 16.5. The maximum atomic E-state index is 13.7. The molecule has 3 aliphatic rings. The smallest absolute Gasteiger partial charge is 0.333 e. The Hall–Kier alpha value is -3.94. The first-order valence-corrected chi connectivity index (χ1v) is 11.4. The van der Waals surface area contributed by atoms with Gasteiger partial charge in [0.05, 0.1) is 35.7 Å². The zero-order chi connectivity index (χ0) is 23.8. The molecule has 0 saturated carbocycles. The molecule has 1 saturated heterocycles. The molecule has 0 bridgehead atoms. The largest absolute Gasteiger partial charge is 0.469 e. The summed E-state index contributed by atoms with van der Waals surface area (Å²) in [7, 11) is 1.28. The summed E-state index contributed by atoms with van der Waals surface area (Å²) in [5.74, 6) is -1.50. The van der Waals surface area contributed by atoms with E-state index in [9.17, 15) is 19.2 Å². The van der Waals surface area contributed by atoms with Gasteiger partial charge in [0.2, 0.25) is 5.91 Å². The molecule has 34 heavy (non-hydrogen) atoms. The van der Waals surface area contributed by atoms with Crippen LogP contribution < -0.4 is 11.2 Å². The number of piperidine rings is 1. The molecule has 1 aliphatic heterocycles. The van der Waals surface area contributed by atoms with Crippen LogP contribution in [-0.4, -0.2) is 46.0 Å². The van der Waals surface area contributed by atoms with Crippen LogP contribution in [0.2, 0.25) is 0 Å². The van der Waals surface area contributed by atoms with Crippen molar-refractivity contribution in [2.24, 2.45) is 5.92 Å². The number of hydrogen-bond donors (Lipinski definition) is 1. The number of rotatable bonds is 3. The first kappa shape index (κ1) is 21.9. The Balaban J connectivity index is 1.59. The van der Waals surface area contributed by atoms with Crippen LogP contribution in [0.5, 0.6) is 0 Å². The van der Waals surface area contributed by atoms with Gasteiger partial charge in [-0.2, -0.15) is 0 Å². The van der Waals surface area contributed by atoms with Gasteiger partial charge < -0.3 is 14.6 Å². The highest BCUT2D eigenvalue weighted by Crippen LogP contribution is 2.32. The highest BCUT2D eigenvalue weighted by Gasteiger charge is 2.35. The number of methoxy groups -OCH3 is 1. The van der Waals surface area contributed by atoms with Crippen molar-refractivity contribution in [3.05, 3.63) is 86.6 Å². The van der Waals surface area contributed by atoms with Gasteiger partial charge in [-0.25, -0.2) is 9.36 Å². The molecule has 8 nitrogen and oxygen atoms in total. The first-order valence-electron chi connectivity index (χ1n) is 11.4. The third-order valence-corrected chi connectivity index (χ3v) is 6.71. The number of benzene rings is 1. The number of allylic oxidation sites excluding steroid dienone is 4. The number of amides is 1. The summed E-state index contributed by atoms with van der Waals surface area (Å²) in [5.41, 5.74) is 1.07. The highest BCUT2D eigenvalue weighted by molar-refractivity contribution is 5.98. The number of carbonyl (C=O) groups excluding carboxylic acids is 2. The quantitative estimate of drug-likeness (QED) is 0.711. The number of aromatic nitrogens is 2. The van der Waals surface area contributed by atoms with Crippen LogP contribution >= 0.6 is 0 Å².